The molecule has 12 nitrogen and oxygen atoms in total. The summed E-state index contributed by atoms with van der Waals surface area (Å²) in [6.07, 6.45) is 3.19. The Kier molecular flexibility index (Phi) is 14.7. The van der Waals surface area contributed by atoms with E-state index < -0.39 is 20.2 Å². The van der Waals surface area contributed by atoms with Crippen LogP contribution in [0.3, 0.4) is 0 Å². The maximum atomic E-state index is 12.5. The van der Waals surface area contributed by atoms with E-state index >= 15 is 0 Å². The van der Waals surface area contributed by atoms with E-state index in [1.165, 1.54) is 16.0 Å². The van der Waals surface area contributed by atoms with Crippen molar-refractivity contribution < 1.29 is 40.3 Å². The van der Waals surface area contributed by atoms with E-state index in [2.05, 4.69) is 58.3 Å². The molecule has 5 rings (SSSR count). The second kappa shape index (κ2) is 18.2. The molecule has 0 atom stereocenters. The predicted octanol–water partition coefficient (Wildman–Crippen LogP) is 3.49. The lowest BCUT2D eigenvalue weighted by atomic mass is 10.0. The first-order valence-corrected chi connectivity index (χ1v) is 18.9. The molecule has 0 saturated carbocycles. The largest absolute Gasteiger partial charge is 0.367 e. The van der Waals surface area contributed by atoms with Crippen LogP contribution in [0.4, 0.5) is 0 Å². The number of rotatable bonds is 11. The topological polar surface area (TPSA) is 162 Å². The van der Waals surface area contributed by atoms with Crippen LogP contribution < -0.4 is 0 Å². The van der Waals surface area contributed by atoms with Crippen molar-refractivity contribution in [2.75, 3.05) is 64.9 Å². The Hall–Kier alpha value is -3.50. The van der Waals surface area contributed by atoms with Crippen LogP contribution >= 0.6 is 0 Å². The molecule has 0 radical (unpaired) electrons. The number of carbonyl (C=O) groups excluding carboxylic acids is 2. The highest BCUT2D eigenvalue weighted by Crippen LogP contribution is 2.26. The van der Waals surface area contributed by atoms with Gasteiger partial charge in [0.05, 0.1) is 30.2 Å². The van der Waals surface area contributed by atoms with Gasteiger partial charge in [0.25, 0.3) is 32.1 Å². The van der Waals surface area contributed by atoms with Crippen LogP contribution in [0.1, 0.15) is 50.8 Å². The summed E-state index contributed by atoms with van der Waals surface area (Å²) in [5.41, 5.74) is 3.43. The summed E-state index contributed by atoms with van der Waals surface area (Å²) in [6.45, 7) is 7.23. The molecule has 2 heterocycles. The zero-order valence-electron chi connectivity index (χ0n) is 26.6. The number of amides is 2. The Bertz CT molecular complexity index is 1530. The van der Waals surface area contributed by atoms with Crippen LogP contribution in [0.5, 0.6) is 0 Å². The molecule has 2 amide bonds. The van der Waals surface area contributed by atoms with Gasteiger partial charge in [-0.3, -0.25) is 28.5 Å². The Morgan fingerprint density at radius 1 is 0.617 bits per heavy atom. The summed E-state index contributed by atoms with van der Waals surface area (Å²) in [5.74, 6) is -0.309. The molecule has 0 aromatic heterocycles. The van der Waals surface area contributed by atoms with Crippen LogP contribution in [0, 0.1) is 0 Å². The quantitative estimate of drug-likeness (QED) is 0.172. The second-order valence-corrected chi connectivity index (χ2v) is 14.2. The van der Waals surface area contributed by atoms with Gasteiger partial charge >= 0.3 is 0 Å². The van der Waals surface area contributed by atoms with Crippen molar-refractivity contribution >= 4 is 32.1 Å². The average molecular weight is 690 g/mol. The van der Waals surface area contributed by atoms with Crippen molar-refractivity contribution in [3.05, 3.63) is 107 Å². The number of hydrogen-bond donors (Lipinski definition) is 2. The maximum absolute atomic E-state index is 12.5. The summed E-state index contributed by atoms with van der Waals surface area (Å²) in [7, 11) is -7.33. The smallest absolute Gasteiger partial charge is 0.261 e. The van der Waals surface area contributed by atoms with Crippen LogP contribution in [-0.4, -0.2) is 117 Å². The molecular formula is C33H43N3O9S2. The van der Waals surface area contributed by atoms with Gasteiger partial charge in [0.2, 0.25) is 0 Å². The van der Waals surface area contributed by atoms with Crippen molar-refractivity contribution in [2.24, 2.45) is 0 Å². The minimum Gasteiger partial charge on any atom is -0.367 e. The molecule has 0 spiro atoms. The van der Waals surface area contributed by atoms with Crippen molar-refractivity contribution in [3.8, 4) is 0 Å². The fourth-order valence-electron chi connectivity index (χ4n) is 5.22. The van der Waals surface area contributed by atoms with Crippen LogP contribution in [0.25, 0.3) is 0 Å². The molecule has 3 aromatic rings. The first kappa shape index (κ1) is 38.0. The summed E-state index contributed by atoms with van der Waals surface area (Å²) >= 11 is 0. The molecule has 47 heavy (non-hydrogen) atoms. The van der Waals surface area contributed by atoms with Gasteiger partial charge in [0.1, 0.15) is 6.10 Å². The molecule has 0 unspecified atom stereocenters. The van der Waals surface area contributed by atoms with Crippen molar-refractivity contribution in [1.82, 2.24) is 14.7 Å². The van der Waals surface area contributed by atoms with E-state index in [1.807, 2.05) is 24.3 Å². The summed E-state index contributed by atoms with van der Waals surface area (Å²) in [6, 6.07) is 27.9. The Balaban J connectivity index is 0.000000526. The molecule has 3 aromatic carbocycles. The van der Waals surface area contributed by atoms with Crippen molar-refractivity contribution in [1.29, 1.82) is 0 Å². The molecule has 1 saturated heterocycles. The van der Waals surface area contributed by atoms with Crippen molar-refractivity contribution in [3.63, 3.8) is 0 Å². The molecule has 14 heteroatoms. The lowest BCUT2D eigenvalue weighted by Crippen LogP contribution is -2.47. The number of carbonyl (C=O) groups is 2. The van der Waals surface area contributed by atoms with Crippen molar-refractivity contribution in [2.45, 2.75) is 18.9 Å². The van der Waals surface area contributed by atoms with Crippen LogP contribution in [0.2, 0.25) is 0 Å². The zero-order valence-corrected chi connectivity index (χ0v) is 28.3. The molecule has 1 fully saturated rings. The van der Waals surface area contributed by atoms with Gasteiger partial charge in [0.15, 0.2) is 0 Å². The van der Waals surface area contributed by atoms with Gasteiger partial charge in [-0.2, -0.15) is 16.8 Å². The number of fused-ring (bicyclic) bond motifs is 1. The lowest BCUT2D eigenvalue weighted by molar-refractivity contribution is 0.0448. The van der Waals surface area contributed by atoms with Gasteiger partial charge < -0.3 is 9.64 Å². The summed E-state index contributed by atoms with van der Waals surface area (Å²) in [4.78, 5) is 31.4. The monoisotopic (exact) mass is 689 g/mol. The SMILES string of the molecule is CS(=O)(=O)O.CS(=O)(=O)O.O=C1c2ccccc2C(=O)N1CCCCN1CCN(CCOC(c2ccccc2)c2ccccc2)CC1. The van der Waals surface area contributed by atoms with Crippen LogP contribution in [0.15, 0.2) is 84.9 Å². The average Bonchev–Trinajstić information content (AvgIpc) is 3.26. The van der Waals surface area contributed by atoms with E-state index in [9.17, 15) is 26.4 Å². The van der Waals surface area contributed by atoms with E-state index in [0.717, 1.165) is 52.1 Å². The number of hydrogen-bond acceptors (Lipinski definition) is 9. The number of benzene rings is 3. The van der Waals surface area contributed by atoms with E-state index in [-0.39, 0.29) is 17.9 Å². The minimum atomic E-state index is -3.67. The van der Waals surface area contributed by atoms with Gasteiger partial charge in [-0.1, -0.05) is 72.8 Å². The van der Waals surface area contributed by atoms with Gasteiger partial charge in [-0.05, 0) is 42.6 Å². The normalized spacial score (nSPS) is 15.5. The Morgan fingerprint density at radius 2 is 0.979 bits per heavy atom. The molecule has 256 valence electrons. The highest BCUT2D eigenvalue weighted by Gasteiger charge is 2.34. The number of piperazine rings is 1. The number of ether oxygens (including phenoxy) is 1. The van der Waals surface area contributed by atoms with Gasteiger partial charge in [0, 0.05) is 39.3 Å². The summed E-state index contributed by atoms with van der Waals surface area (Å²) in [5, 5.41) is 0. The number of unbranched alkanes of at least 4 members (excludes halogenated alkanes) is 1. The first-order valence-electron chi connectivity index (χ1n) is 15.2. The number of imide groups is 1. The standard InChI is InChI=1S/C31H35N3O3.2CH4O3S/c35-30-27-15-7-8-16-28(27)31(36)34(30)18-10-9-17-32-19-21-33(22-20-32)23-24-37-29(25-11-3-1-4-12-25)26-13-5-2-6-14-26;2*1-5(2,3)4/h1-8,11-16,29H,9-10,17-24H2;2*1H3,(H,2,3,4). The molecule has 0 bridgehead atoms. The van der Waals surface area contributed by atoms with E-state index in [0.29, 0.717) is 36.8 Å². The van der Waals surface area contributed by atoms with E-state index in [4.69, 9.17) is 13.8 Å². The summed E-state index contributed by atoms with van der Waals surface area (Å²) < 4.78 is 58.1. The van der Waals surface area contributed by atoms with E-state index in [1.54, 1.807) is 12.1 Å². The first-order chi connectivity index (χ1) is 22.2. The molecule has 2 aliphatic rings. The van der Waals surface area contributed by atoms with Crippen LogP contribution in [-0.2, 0) is 25.0 Å². The van der Waals surface area contributed by atoms with Gasteiger partial charge in [-0.15, -0.1) is 0 Å². The Morgan fingerprint density at radius 3 is 1.40 bits per heavy atom. The number of nitrogens with zero attached hydrogens (tertiary/aromatic N) is 3. The second-order valence-electron chi connectivity index (χ2n) is 11.2. The third kappa shape index (κ3) is 14.0. The lowest BCUT2D eigenvalue weighted by Gasteiger charge is -2.35. The third-order valence-corrected chi connectivity index (χ3v) is 7.35. The predicted molar refractivity (Wildman–Crippen MR) is 180 cm³/mol. The third-order valence-electron chi connectivity index (χ3n) is 7.35. The molecule has 2 N–H and O–H groups in total. The zero-order chi connectivity index (χ0) is 34.5. The minimum absolute atomic E-state index is 0.0501. The molecule has 0 aliphatic carbocycles. The van der Waals surface area contributed by atoms with Gasteiger partial charge in [-0.25, -0.2) is 0 Å². The fraction of sp³-hybridized carbons (Fsp3) is 0.394. The fourth-order valence-corrected chi connectivity index (χ4v) is 5.22. The highest BCUT2D eigenvalue weighted by atomic mass is 32.2. The maximum Gasteiger partial charge on any atom is 0.261 e. The molecular weight excluding hydrogens is 647 g/mol. The molecule has 2 aliphatic heterocycles. The Labute approximate surface area is 277 Å². The highest BCUT2D eigenvalue weighted by molar-refractivity contribution is 7.85.